The number of carbonyl (C=O) groups excluding carboxylic acids is 2. The molecule has 1 aliphatic rings. The molecule has 128 valence electrons. The fourth-order valence-corrected chi connectivity index (χ4v) is 3.21. The number of fused-ring (bicyclic) bond motifs is 1. The number of hydrogen-bond donors (Lipinski definition) is 1. The van der Waals surface area contributed by atoms with E-state index in [1.54, 1.807) is 17.0 Å². The van der Waals surface area contributed by atoms with Crippen molar-refractivity contribution in [2.45, 2.75) is 6.42 Å². The predicted molar refractivity (Wildman–Crippen MR) is 93.2 cm³/mol. The van der Waals surface area contributed by atoms with Crippen molar-refractivity contribution in [2.75, 3.05) is 26.2 Å². The van der Waals surface area contributed by atoms with Crippen molar-refractivity contribution in [3.05, 3.63) is 60.2 Å². The molecule has 0 unspecified atom stereocenters. The average Bonchev–Trinajstić information content (AvgIpc) is 3.32. The van der Waals surface area contributed by atoms with Crippen LogP contribution in [-0.2, 0) is 11.2 Å². The Morgan fingerprint density at radius 3 is 2.60 bits per heavy atom. The second-order valence-electron chi connectivity index (χ2n) is 6.23. The molecular weight excluding hydrogens is 318 g/mol. The van der Waals surface area contributed by atoms with Crippen molar-refractivity contribution in [3.63, 3.8) is 0 Å². The number of aromatic amines is 1. The molecule has 1 saturated heterocycles. The smallest absolute Gasteiger partial charge is 0.289 e. The van der Waals surface area contributed by atoms with E-state index in [1.165, 1.54) is 6.26 Å². The second kappa shape index (κ2) is 6.47. The maximum atomic E-state index is 12.5. The van der Waals surface area contributed by atoms with Crippen LogP contribution in [0.2, 0.25) is 0 Å². The second-order valence-corrected chi connectivity index (χ2v) is 6.23. The van der Waals surface area contributed by atoms with Gasteiger partial charge >= 0.3 is 0 Å². The molecule has 6 nitrogen and oxygen atoms in total. The van der Waals surface area contributed by atoms with Crippen molar-refractivity contribution >= 4 is 22.7 Å². The van der Waals surface area contributed by atoms with E-state index in [9.17, 15) is 9.59 Å². The van der Waals surface area contributed by atoms with E-state index < -0.39 is 0 Å². The van der Waals surface area contributed by atoms with Crippen molar-refractivity contribution in [1.82, 2.24) is 14.8 Å². The summed E-state index contributed by atoms with van der Waals surface area (Å²) in [4.78, 5) is 31.5. The Hall–Kier alpha value is -3.02. The Kier molecular flexibility index (Phi) is 4.01. The average molecular weight is 337 g/mol. The van der Waals surface area contributed by atoms with Gasteiger partial charge in [-0.3, -0.25) is 9.59 Å². The number of H-pyrrole nitrogens is 1. The zero-order valence-corrected chi connectivity index (χ0v) is 13.8. The molecule has 1 N–H and O–H groups in total. The number of furan rings is 1. The lowest BCUT2D eigenvalue weighted by Gasteiger charge is -2.34. The van der Waals surface area contributed by atoms with Gasteiger partial charge in [-0.05, 0) is 35.2 Å². The summed E-state index contributed by atoms with van der Waals surface area (Å²) in [5.41, 5.74) is 2.04. The predicted octanol–water partition coefficient (Wildman–Crippen LogP) is 2.29. The van der Waals surface area contributed by atoms with E-state index in [0.717, 1.165) is 16.5 Å². The maximum Gasteiger partial charge on any atom is 0.289 e. The Bertz CT molecular complexity index is 890. The van der Waals surface area contributed by atoms with Crippen molar-refractivity contribution in [3.8, 4) is 0 Å². The lowest BCUT2D eigenvalue weighted by molar-refractivity contribution is -0.131. The van der Waals surface area contributed by atoms with Crippen LogP contribution in [0.1, 0.15) is 16.1 Å². The van der Waals surface area contributed by atoms with Crippen LogP contribution in [0.25, 0.3) is 10.9 Å². The van der Waals surface area contributed by atoms with Crippen LogP contribution in [0.15, 0.2) is 53.3 Å². The zero-order chi connectivity index (χ0) is 17.2. The SMILES string of the molecule is O=C(Cc1ccc2cc[nH]c2c1)N1CCN(C(=O)c2ccco2)CC1. The first-order chi connectivity index (χ1) is 12.2. The molecule has 0 radical (unpaired) electrons. The van der Waals surface area contributed by atoms with Crippen LogP contribution in [0.5, 0.6) is 0 Å². The fraction of sp³-hybridized carbons (Fsp3) is 0.263. The minimum atomic E-state index is -0.116. The topological polar surface area (TPSA) is 69.6 Å². The molecule has 0 saturated carbocycles. The molecule has 3 aromatic rings. The monoisotopic (exact) mass is 337 g/mol. The van der Waals surface area contributed by atoms with Gasteiger partial charge in [0.15, 0.2) is 5.76 Å². The maximum absolute atomic E-state index is 12.5. The number of piperazine rings is 1. The highest BCUT2D eigenvalue weighted by molar-refractivity contribution is 5.91. The zero-order valence-electron chi connectivity index (χ0n) is 13.8. The Balaban J connectivity index is 1.35. The minimum Gasteiger partial charge on any atom is -0.459 e. The molecule has 1 aliphatic heterocycles. The number of hydrogen-bond acceptors (Lipinski definition) is 3. The summed E-state index contributed by atoms with van der Waals surface area (Å²) in [6, 6.07) is 11.4. The van der Waals surface area contributed by atoms with E-state index >= 15 is 0 Å². The van der Waals surface area contributed by atoms with E-state index in [1.807, 2.05) is 35.4 Å². The van der Waals surface area contributed by atoms with E-state index in [-0.39, 0.29) is 11.8 Å². The van der Waals surface area contributed by atoms with E-state index in [0.29, 0.717) is 38.4 Å². The molecule has 3 heterocycles. The summed E-state index contributed by atoms with van der Waals surface area (Å²) in [7, 11) is 0. The Morgan fingerprint density at radius 2 is 1.84 bits per heavy atom. The summed E-state index contributed by atoms with van der Waals surface area (Å²) in [5, 5.41) is 1.14. The number of amides is 2. The van der Waals surface area contributed by atoms with Crippen LogP contribution in [0.4, 0.5) is 0 Å². The third kappa shape index (κ3) is 3.15. The number of nitrogens with zero attached hydrogens (tertiary/aromatic N) is 2. The Labute approximate surface area is 145 Å². The summed E-state index contributed by atoms with van der Waals surface area (Å²) >= 11 is 0. The summed E-state index contributed by atoms with van der Waals surface area (Å²) in [6.45, 7) is 2.16. The number of carbonyl (C=O) groups is 2. The molecule has 6 heteroatoms. The van der Waals surface area contributed by atoms with Gasteiger partial charge in [0.25, 0.3) is 5.91 Å². The van der Waals surface area contributed by atoms with Gasteiger partial charge in [-0.15, -0.1) is 0 Å². The van der Waals surface area contributed by atoms with Crippen molar-refractivity contribution in [2.24, 2.45) is 0 Å². The first-order valence-electron chi connectivity index (χ1n) is 8.37. The number of benzene rings is 1. The summed E-state index contributed by atoms with van der Waals surface area (Å²) in [5.74, 6) is 0.323. The van der Waals surface area contributed by atoms with E-state index in [4.69, 9.17) is 4.42 Å². The van der Waals surface area contributed by atoms with Gasteiger partial charge in [-0.2, -0.15) is 0 Å². The van der Waals surface area contributed by atoms with Gasteiger partial charge < -0.3 is 19.2 Å². The quantitative estimate of drug-likeness (QED) is 0.797. The molecular formula is C19H19N3O3. The van der Waals surface area contributed by atoms with Gasteiger partial charge in [0.05, 0.1) is 12.7 Å². The highest BCUT2D eigenvalue weighted by atomic mass is 16.3. The molecule has 4 rings (SSSR count). The van der Waals surface area contributed by atoms with Crippen molar-refractivity contribution < 1.29 is 14.0 Å². The molecule has 25 heavy (non-hydrogen) atoms. The molecule has 1 fully saturated rings. The van der Waals surface area contributed by atoms with Crippen molar-refractivity contribution in [1.29, 1.82) is 0 Å². The molecule has 0 atom stereocenters. The van der Waals surface area contributed by atoms with Crippen LogP contribution >= 0.6 is 0 Å². The van der Waals surface area contributed by atoms with Gasteiger partial charge in [-0.1, -0.05) is 12.1 Å². The Morgan fingerprint density at radius 1 is 1.04 bits per heavy atom. The number of aromatic nitrogens is 1. The summed E-state index contributed by atoms with van der Waals surface area (Å²) in [6.07, 6.45) is 3.76. The number of nitrogens with one attached hydrogen (secondary N) is 1. The molecule has 1 aromatic carbocycles. The molecule has 0 aliphatic carbocycles. The normalized spacial score (nSPS) is 14.9. The highest BCUT2D eigenvalue weighted by Crippen LogP contribution is 2.16. The summed E-state index contributed by atoms with van der Waals surface area (Å²) < 4.78 is 5.16. The standard InChI is InChI=1S/C19H19N3O3/c23-18(13-14-3-4-15-5-6-20-16(15)12-14)21-7-9-22(10-8-21)19(24)17-2-1-11-25-17/h1-6,11-12,20H,7-10,13H2. The van der Waals surface area contributed by atoms with Crippen LogP contribution < -0.4 is 0 Å². The van der Waals surface area contributed by atoms with Gasteiger partial charge in [-0.25, -0.2) is 0 Å². The number of rotatable bonds is 3. The van der Waals surface area contributed by atoms with Gasteiger partial charge in [0, 0.05) is 37.9 Å². The molecule has 2 aromatic heterocycles. The van der Waals surface area contributed by atoms with Crippen LogP contribution in [0.3, 0.4) is 0 Å². The van der Waals surface area contributed by atoms with Crippen LogP contribution in [-0.4, -0.2) is 52.8 Å². The molecule has 0 bridgehead atoms. The minimum absolute atomic E-state index is 0.0935. The lowest BCUT2D eigenvalue weighted by Crippen LogP contribution is -2.50. The van der Waals surface area contributed by atoms with Crippen LogP contribution in [0, 0.1) is 0 Å². The fourth-order valence-electron chi connectivity index (χ4n) is 3.21. The van der Waals surface area contributed by atoms with Gasteiger partial charge in [0.2, 0.25) is 5.91 Å². The third-order valence-electron chi connectivity index (χ3n) is 4.63. The first-order valence-corrected chi connectivity index (χ1v) is 8.37. The first kappa shape index (κ1) is 15.5. The molecule has 0 spiro atoms. The van der Waals surface area contributed by atoms with Gasteiger partial charge in [0.1, 0.15) is 0 Å². The van der Waals surface area contributed by atoms with E-state index in [2.05, 4.69) is 4.98 Å². The lowest BCUT2D eigenvalue weighted by atomic mass is 10.1. The highest BCUT2D eigenvalue weighted by Gasteiger charge is 2.26. The largest absolute Gasteiger partial charge is 0.459 e. The third-order valence-corrected chi connectivity index (χ3v) is 4.63. The molecule has 2 amide bonds.